The Labute approximate surface area is 136 Å². The number of benzene rings is 1. The first kappa shape index (κ1) is 15.0. The Morgan fingerprint density at radius 2 is 2.16 bits per heavy atom. The van der Waals surface area contributed by atoms with Crippen LogP contribution >= 0.6 is 38.5 Å². The van der Waals surface area contributed by atoms with Crippen molar-refractivity contribution in [2.24, 2.45) is 7.05 Å². The molecular weight excluding hydrogens is 417 g/mol. The molecule has 0 aliphatic carbocycles. The van der Waals surface area contributed by atoms with E-state index < -0.39 is 0 Å². The van der Waals surface area contributed by atoms with Gasteiger partial charge >= 0.3 is 0 Å². The summed E-state index contributed by atoms with van der Waals surface area (Å²) in [5, 5.41) is 7.94. The van der Waals surface area contributed by atoms with Crippen molar-refractivity contribution in [3.05, 3.63) is 49.8 Å². The largest absolute Gasteiger partial charge is 0.305 e. The zero-order valence-corrected chi connectivity index (χ0v) is 14.8. The summed E-state index contributed by atoms with van der Waals surface area (Å²) in [5.74, 6) is 0. The van der Waals surface area contributed by atoms with Gasteiger partial charge in [0, 0.05) is 10.6 Å². The summed E-state index contributed by atoms with van der Waals surface area (Å²) in [5.41, 5.74) is 2.46. The molecule has 19 heavy (non-hydrogen) atoms. The zero-order valence-electron chi connectivity index (χ0n) is 11.0. The predicted octanol–water partition coefficient (Wildman–Crippen LogP) is 3.88. The van der Waals surface area contributed by atoms with Crippen molar-refractivity contribution < 1.29 is 0 Å². The van der Waals surface area contributed by atoms with Crippen LogP contribution in [-0.2, 0) is 7.05 Å². The molecule has 1 N–H and O–H groups in total. The van der Waals surface area contributed by atoms with E-state index in [2.05, 4.69) is 80.1 Å². The molecule has 5 heteroatoms. The molecule has 1 atom stereocenters. The molecule has 2 aromatic rings. The van der Waals surface area contributed by atoms with Crippen molar-refractivity contribution in [1.29, 1.82) is 0 Å². The molecule has 0 radical (unpaired) electrons. The number of halogens is 2. The van der Waals surface area contributed by atoms with Crippen LogP contribution in [0.3, 0.4) is 0 Å². The number of aryl methyl sites for hydroxylation is 1. The smallest absolute Gasteiger partial charge is 0.0770 e. The van der Waals surface area contributed by atoms with Gasteiger partial charge in [0.25, 0.3) is 0 Å². The summed E-state index contributed by atoms with van der Waals surface area (Å²) < 4.78 is 4.24. The third kappa shape index (κ3) is 3.38. The lowest BCUT2D eigenvalue weighted by Gasteiger charge is -2.21. The molecule has 0 bridgehead atoms. The van der Waals surface area contributed by atoms with Crippen molar-refractivity contribution in [3.8, 4) is 0 Å². The Bertz CT molecular complexity index is 534. The van der Waals surface area contributed by atoms with Gasteiger partial charge in [0.1, 0.15) is 0 Å². The molecule has 0 saturated heterocycles. The maximum Gasteiger partial charge on any atom is 0.0770 e. The van der Waals surface area contributed by atoms with E-state index in [-0.39, 0.29) is 6.04 Å². The van der Waals surface area contributed by atoms with Gasteiger partial charge in [0.2, 0.25) is 0 Å². The predicted molar refractivity (Wildman–Crippen MR) is 90.2 cm³/mol. The zero-order chi connectivity index (χ0) is 13.8. The van der Waals surface area contributed by atoms with Crippen LogP contribution in [0, 0.1) is 3.57 Å². The molecular formula is C14H17BrIN3. The highest BCUT2D eigenvalue weighted by atomic mass is 127. The molecule has 0 aliphatic rings. The normalized spacial score (nSPS) is 12.6. The summed E-state index contributed by atoms with van der Waals surface area (Å²) in [7, 11) is 1.98. The van der Waals surface area contributed by atoms with Gasteiger partial charge in [0.05, 0.1) is 22.4 Å². The Balaban J connectivity index is 2.45. The summed E-state index contributed by atoms with van der Waals surface area (Å²) >= 11 is 6.00. The fourth-order valence-electron chi connectivity index (χ4n) is 2.10. The average molecular weight is 434 g/mol. The van der Waals surface area contributed by atoms with Crippen LogP contribution in [-0.4, -0.2) is 16.3 Å². The highest BCUT2D eigenvalue weighted by Gasteiger charge is 2.21. The molecule has 0 amide bonds. The molecule has 1 heterocycles. The van der Waals surface area contributed by atoms with Crippen molar-refractivity contribution in [2.75, 3.05) is 6.54 Å². The van der Waals surface area contributed by atoms with Gasteiger partial charge in [-0.3, -0.25) is 4.68 Å². The van der Waals surface area contributed by atoms with E-state index >= 15 is 0 Å². The number of rotatable bonds is 5. The van der Waals surface area contributed by atoms with Crippen molar-refractivity contribution in [2.45, 2.75) is 19.4 Å². The lowest BCUT2D eigenvalue weighted by molar-refractivity contribution is 0.550. The summed E-state index contributed by atoms with van der Waals surface area (Å²) in [6, 6.07) is 8.63. The average Bonchev–Trinajstić information content (AvgIpc) is 2.73. The lowest BCUT2D eigenvalue weighted by Crippen LogP contribution is -2.26. The highest BCUT2D eigenvalue weighted by Crippen LogP contribution is 2.30. The van der Waals surface area contributed by atoms with Gasteiger partial charge in [-0.2, -0.15) is 5.10 Å². The molecule has 0 fully saturated rings. The summed E-state index contributed by atoms with van der Waals surface area (Å²) in [4.78, 5) is 0. The summed E-state index contributed by atoms with van der Waals surface area (Å²) in [6.07, 6.45) is 2.96. The molecule has 2 rings (SSSR count). The Kier molecular flexibility index (Phi) is 5.41. The first-order valence-corrected chi connectivity index (χ1v) is 8.17. The van der Waals surface area contributed by atoms with Crippen LogP contribution in [0.25, 0.3) is 0 Å². The third-order valence-corrected chi connectivity index (χ3v) is 4.62. The van der Waals surface area contributed by atoms with Gasteiger partial charge < -0.3 is 5.32 Å². The minimum atomic E-state index is 0.162. The van der Waals surface area contributed by atoms with Crippen LogP contribution in [0.1, 0.15) is 30.6 Å². The lowest BCUT2D eigenvalue weighted by atomic mass is 10.0. The second-order valence-electron chi connectivity index (χ2n) is 4.41. The van der Waals surface area contributed by atoms with E-state index in [1.165, 1.54) is 9.13 Å². The quantitative estimate of drug-likeness (QED) is 0.725. The van der Waals surface area contributed by atoms with Gasteiger partial charge in [-0.1, -0.05) is 25.1 Å². The number of nitrogens with zero attached hydrogens (tertiary/aromatic N) is 2. The van der Waals surface area contributed by atoms with Gasteiger partial charge in [0.15, 0.2) is 0 Å². The number of hydrogen-bond donors (Lipinski definition) is 1. The molecule has 0 spiro atoms. The van der Waals surface area contributed by atoms with Crippen molar-refractivity contribution in [3.63, 3.8) is 0 Å². The van der Waals surface area contributed by atoms with E-state index in [9.17, 15) is 0 Å². The Morgan fingerprint density at radius 3 is 2.74 bits per heavy atom. The molecule has 1 unspecified atom stereocenters. The van der Waals surface area contributed by atoms with Crippen LogP contribution in [0.5, 0.6) is 0 Å². The minimum absolute atomic E-state index is 0.162. The van der Waals surface area contributed by atoms with Crippen LogP contribution < -0.4 is 5.32 Å². The van der Waals surface area contributed by atoms with Crippen LogP contribution in [0.15, 0.2) is 34.9 Å². The third-order valence-electron chi connectivity index (χ3n) is 3.03. The highest BCUT2D eigenvalue weighted by molar-refractivity contribution is 14.1. The van der Waals surface area contributed by atoms with Gasteiger partial charge in [-0.05, 0) is 63.1 Å². The van der Waals surface area contributed by atoms with Crippen LogP contribution in [0.4, 0.5) is 0 Å². The molecule has 0 aliphatic heterocycles. The minimum Gasteiger partial charge on any atom is -0.305 e. The molecule has 102 valence electrons. The number of nitrogens with one attached hydrogen (secondary N) is 1. The molecule has 1 aromatic heterocycles. The number of hydrogen-bond acceptors (Lipinski definition) is 2. The van der Waals surface area contributed by atoms with Crippen molar-refractivity contribution in [1.82, 2.24) is 15.1 Å². The van der Waals surface area contributed by atoms with E-state index in [0.29, 0.717) is 0 Å². The van der Waals surface area contributed by atoms with E-state index in [0.717, 1.165) is 23.1 Å². The van der Waals surface area contributed by atoms with Crippen LogP contribution in [0.2, 0.25) is 0 Å². The SMILES string of the molecule is CCCNC(c1ccccc1I)c1c(Br)cnn1C. The number of aromatic nitrogens is 2. The topological polar surface area (TPSA) is 29.9 Å². The fraction of sp³-hybridized carbons (Fsp3) is 0.357. The fourth-order valence-corrected chi connectivity index (χ4v) is 3.37. The molecule has 3 nitrogen and oxygen atoms in total. The van der Waals surface area contributed by atoms with E-state index in [1.54, 1.807) is 0 Å². The maximum absolute atomic E-state index is 4.33. The second-order valence-corrected chi connectivity index (χ2v) is 6.43. The maximum atomic E-state index is 4.33. The van der Waals surface area contributed by atoms with Gasteiger partial charge in [-0.25, -0.2) is 0 Å². The molecule has 0 saturated carbocycles. The first-order valence-electron chi connectivity index (χ1n) is 6.30. The van der Waals surface area contributed by atoms with Gasteiger partial charge in [-0.15, -0.1) is 0 Å². The monoisotopic (exact) mass is 433 g/mol. The standard InChI is InChI=1S/C14H17BrIN3/c1-3-8-17-13(10-6-4-5-7-12(10)16)14-11(15)9-18-19(14)2/h4-7,9,13,17H,3,8H2,1-2H3. The molecule has 1 aromatic carbocycles. The second kappa shape index (κ2) is 6.85. The van der Waals surface area contributed by atoms with E-state index in [4.69, 9.17) is 0 Å². The Hall–Kier alpha value is -0.400. The summed E-state index contributed by atoms with van der Waals surface area (Å²) in [6.45, 7) is 3.16. The van der Waals surface area contributed by atoms with E-state index in [1.807, 2.05) is 17.9 Å². The Morgan fingerprint density at radius 1 is 1.42 bits per heavy atom. The van der Waals surface area contributed by atoms with Crippen molar-refractivity contribution >= 4 is 38.5 Å². The first-order chi connectivity index (χ1) is 9.15.